The average molecular weight is 542 g/mol. The Balaban J connectivity index is 0.00000341. The number of ether oxygens (including phenoxy) is 1. The van der Waals surface area contributed by atoms with E-state index in [-0.39, 0.29) is 48.3 Å². The third-order valence-electron chi connectivity index (χ3n) is 4.86. The average Bonchev–Trinajstić information content (AvgIpc) is 3.24. The molecule has 2 aromatic rings. The molecule has 1 atom stereocenters. The van der Waals surface area contributed by atoms with E-state index in [1.807, 2.05) is 29.2 Å². The van der Waals surface area contributed by atoms with Crippen molar-refractivity contribution in [3.63, 3.8) is 0 Å². The predicted octanol–water partition coefficient (Wildman–Crippen LogP) is 1.91. The van der Waals surface area contributed by atoms with Crippen LogP contribution in [0.2, 0.25) is 0 Å². The van der Waals surface area contributed by atoms with E-state index in [1.165, 1.54) is 6.07 Å². The van der Waals surface area contributed by atoms with Gasteiger partial charge in [0.2, 0.25) is 5.91 Å². The molecule has 1 aromatic heterocycles. The zero-order valence-electron chi connectivity index (χ0n) is 17.6. The molecule has 0 bridgehead atoms. The third kappa shape index (κ3) is 7.23. The number of hydrogen-bond acceptors (Lipinski definition) is 5. The highest BCUT2D eigenvalue weighted by Crippen LogP contribution is 2.20. The van der Waals surface area contributed by atoms with Crippen molar-refractivity contribution in [3.05, 3.63) is 54.0 Å². The van der Waals surface area contributed by atoms with Crippen molar-refractivity contribution in [1.82, 2.24) is 20.9 Å². The molecule has 0 aliphatic carbocycles. The van der Waals surface area contributed by atoms with E-state index in [9.17, 15) is 9.18 Å². The van der Waals surface area contributed by atoms with Crippen LogP contribution in [-0.4, -0.2) is 56.7 Å². The van der Waals surface area contributed by atoms with Crippen LogP contribution in [0.5, 0.6) is 5.75 Å². The molecule has 3 rings (SSSR count). The molecular formula is C21H28FIN6O2. The lowest BCUT2D eigenvalue weighted by Gasteiger charge is -2.19. The molecule has 2 heterocycles. The highest BCUT2D eigenvalue weighted by Gasteiger charge is 2.26. The third-order valence-corrected chi connectivity index (χ3v) is 4.86. The second kappa shape index (κ2) is 12.3. The molecule has 168 valence electrons. The van der Waals surface area contributed by atoms with Gasteiger partial charge in [0.05, 0.1) is 13.7 Å². The summed E-state index contributed by atoms with van der Waals surface area (Å²) in [6.45, 7) is 1.84. The summed E-state index contributed by atoms with van der Waals surface area (Å²) in [4.78, 5) is 22.3. The molecule has 8 nitrogen and oxygen atoms in total. The Kier molecular flexibility index (Phi) is 9.76. The van der Waals surface area contributed by atoms with Gasteiger partial charge in [-0.15, -0.1) is 24.0 Å². The first-order valence-corrected chi connectivity index (χ1v) is 9.81. The number of methoxy groups -OCH3 is 1. The Hall–Kier alpha value is -2.63. The van der Waals surface area contributed by atoms with Crippen molar-refractivity contribution < 1.29 is 13.9 Å². The Morgan fingerprint density at radius 3 is 2.74 bits per heavy atom. The second-order valence-corrected chi connectivity index (χ2v) is 6.94. The summed E-state index contributed by atoms with van der Waals surface area (Å²) in [6, 6.07) is 10.6. The van der Waals surface area contributed by atoms with E-state index in [4.69, 9.17) is 4.74 Å². The van der Waals surface area contributed by atoms with Crippen LogP contribution in [-0.2, 0) is 11.3 Å². The number of pyridine rings is 1. The molecule has 1 aliphatic rings. The number of aromatic nitrogens is 1. The number of aliphatic imine (C=N–C) groups is 1. The number of rotatable bonds is 7. The lowest BCUT2D eigenvalue weighted by atomic mass is 10.2. The van der Waals surface area contributed by atoms with E-state index < -0.39 is 0 Å². The van der Waals surface area contributed by atoms with Gasteiger partial charge in [-0.1, -0.05) is 12.1 Å². The Bertz CT molecular complexity index is 880. The molecule has 1 aromatic carbocycles. The van der Waals surface area contributed by atoms with Gasteiger partial charge >= 0.3 is 0 Å². The molecule has 1 unspecified atom stereocenters. The minimum Gasteiger partial charge on any atom is -0.497 e. The molecule has 0 saturated carbocycles. The maximum Gasteiger partial charge on any atom is 0.239 e. The van der Waals surface area contributed by atoms with Crippen LogP contribution in [0.25, 0.3) is 0 Å². The molecule has 1 fully saturated rings. The standard InChI is InChI=1S/C21H27FN6O2.HI/c1-23-21(26-13-19(29)25-12-15-5-7-17(30-2)8-6-15)27-16-9-11-28(14-16)20-18(22)4-3-10-24-20;/h3-8,10,16H,9,11-14H2,1-2H3,(H,25,29)(H2,23,26,27);1H. The highest BCUT2D eigenvalue weighted by molar-refractivity contribution is 14.0. The van der Waals surface area contributed by atoms with Gasteiger partial charge in [0.15, 0.2) is 17.6 Å². The zero-order chi connectivity index (χ0) is 21.3. The van der Waals surface area contributed by atoms with Gasteiger partial charge in [-0.25, -0.2) is 9.37 Å². The van der Waals surface area contributed by atoms with Crippen molar-refractivity contribution in [2.75, 3.05) is 38.7 Å². The lowest BCUT2D eigenvalue weighted by molar-refractivity contribution is -0.120. The van der Waals surface area contributed by atoms with Crippen LogP contribution < -0.4 is 25.6 Å². The fraction of sp³-hybridized carbons (Fsp3) is 0.381. The summed E-state index contributed by atoms with van der Waals surface area (Å²) in [6.07, 6.45) is 2.41. The van der Waals surface area contributed by atoms with Crippen LogP contribution in [0.4, 0.5) is 10.2 Å². The summed E-state index contributed by atoms with van der Waals surface area (Å²) >= 11 is 0. The van der Waals surface area contributed by atoms with E-state index in [1.54, 1.807) is 26.4 Å². The van der Waals surface area contributed by atoms with Crippen molar-refractivity contribution >= 4 is 41.7 Å². The molecule has 1 saturated heterocycles. The van der Waals surface area contributed by atoms with E-state index in [2.05, 4.69) is 25.9 Å². The smallest absolute Gasteiger partial charge is 0.239 e. The molecule has 1 amide bonds. The molecule has 10 heteroatoms. The number of halogens is 2. The number of hydrogen-bond donors (Lipinski definition) is 3. The summed E-state index contributed by atoms with van der Waals surface area (Å²) in [5.74, 6) is 1.20. The molecule has 0 radical (unpaired) electrons. The number of nitrogens with one attached hydrogen (secondary N) is 3. The largest absolute Gasteiger partial charge is 0.497 e. The molecule has 1 aliphatic heterocycles. The van der Waals surface area contributed by atoms with Gasteiger partial charge in [-0.2, -0.15) is 0 Å². The van der Waals surface area contributed by atoms with Gasteiger partial charge in [-0.3, -0.25) is 9.79 Å². The van der Waals surface area contributed by atoms with Crippen LogP contribution >= 0.6 is 24.0 Å². The maximum absolute atomic E-state index is 13.9. The summed E-state index contributed by atoms with van der Waals surface area (Å²) < 4.78 is 19.1. The maximum atomic E-state index is 13.9. The second-order valence-electron chi connectivity index (χ2n) is 6.94. The van der Waals surface area contributed by atoms with Crippen molar-refractivity contribution in [1.29, 1.82) is 0 Å². The minimum absolute atomic E-state index is 0. The number of benzene rings is 1. The fourth-order valence-corrected chi connectivity index (χ4v) is 3.24. The first kappa shape index (κ1) is 24.6. The Labute approximate surface area is 198 Å². The Morgan fingerprint density at radius 2 is 2.06 bits per heavy atom. The number of nitrogens with zero attached hydrogens (tertiary/aromatic N) is 3. The van der Waals surface area contributed by atoms with E-state index in [0.717, 1.165) is 17.7 Å². The summed E-state index contributed by atoms with van der Waals surface area (Å²) in [5.41, 5.74) is 0.986. The van der Waals surface area contributed by atoms with Crippen LogP contribution in [0, 0.1) is 5.82 Å². The van der Waals surface area contributed by atoms with Crippen molar-refractivity contribution in [2.24, 2.45) is 4.99 Å². The fourth-order valence-electron chi connectivity index (χ4n) is 3.24. The number of carbonyl (C=O) groups excluding carboxylic acids is 1. The van der Waals surface area contributed by atoms with Gasteiger partial charge in [0.25, 0.3) is 0 Å². The topological polar surface area (TPSA) is 90.9 Å². The van der Waals surface area contributed by atoms with Gasteiger partial charge < -0.3 is 25.6 Å². The van der Waals surface area contributed by atoms with Gasteiger partial charge in [0, 0.05) is 38.9 Å². The normalized spacial score (nSPS) is 15.8. The number of amides is 1. The van der Waals surface area contributed by atoms with E-state index in [0.29, 0.717) is 31.4 Å². The molecule has 3 N–H and O–H groups in total. The van der Waals surface area contributed by atoms with Crippen molar-refractivity contribution in [2.45, 2.75) is 19.0 Å². The minimum atomic E-state index is -0.325. The summed E-state index contributed by atoms with van der Waals surface area (Å²) in [5, 5.41) is 9.16. The zero-order valence-corrected chi connectivity index (χ0v) is 19.9. The first-order valence-electron chi connectivity index (χ1n) is 9.81. The molecule has 31 heavy (non-hydrogen) atoms. The van der Waals surface area contributed by atoms with Crippen molar-refractivity contribution in [3.8, 4) is 5.75 Å². The van der Waals surface area contributed by atoms with Gasteiger partial charge in [0.1, 0.15) is 5.75 Å². The lowest BCUT2D eigenvalue weighted by Crippen LogP contribution is -2.47. The van der Waals surface area contributed by atoms with Crippen LogP contribution in [0.3, 0.4) is 0 Å². The quantitative estimate of drug-likeness (QED) is 0.282. The summed E-state index contributed by atoms with van der Waals surface area (Å²) in [7, 11) is 3.26. The monoisotopic (exact) mass is 542 g/mol. The molecular weight excluding hydrogens is 514 g/mol. The first-order chi connectivity index (χ1) is 14.6. The van der Waals surface area contributed by atoms with Gasteiger partial charge in [-0.05, 0) is 36.2 Å². The Morgan fingerprint density at radius 1 is 1.29 bits per heavy atom. The highest BCUT2D eigenvalue weighted by atomic mass is 127. The SMILES string of the molecule is CN=C(NCC(=O)NCc1ccc(OC)cc1)NC1CCN(c2ncccc2F)C1.I. The van der Waals surface area contributed by atoms with E-state index >= 15 is 0 Å². The number of anilines is 1. The number of guanidine groups is 1. The number of carbonyl (C=O) groups is 1. The predicted molar refractivity (Wildman–Crippen MR) is 130 cm³/mol. The van der Waals surface area contributed by atoms with Crippen LogP contribution in [0.1, 0.15) is 12.0 Å². The molecule has 0 spiro atoms. The van der Waals surface area contributed by atoms with Crippen LogP contribution in [0.15, 0.2) is 47.6 Å².